The van der Waals surface area contributed by atoms with Crippen molar-refractivity contribution in [2.75, 3.05) is 0 Å². The van der Waals surface area contributed by atoms with Crippen LogP contribution < -0.4 is 17.3 Å². The lowest BCUT2D eigenvalue weighted by atomic mass is 10.1. The number of nitro groups is 1. The molecule has 5 nitrogen and oxygen atoms in total. The molecule has 2 aliphatic rings. The Morgan fingerprint density at radius 3 is 2.00 bits per heavy atom. The molecule has 4 atom stereocenters. The summed E-state index contributed by atoms with van der Waals surface area (Å²) in [6, 6.07) is 19.8. The van der Waals surface area contributed by atoms with E-state index in [2.05, 4.69) is 4.99 Å². The number of nitrogens with zero attached hydrogens (tertiary/aromatic N) is 2. The Morgan fingerprint density at radius 1 is 0.909 bits per heavy atom. The molecule has 0 saturated carbocycles. The van der Waals surface area contributed by atoms with Gasteiger partial charge < -0.3 is 22.5 Å². The van der Waals surface area contributed by atoms with E-state index in [4.69, 9.17) is 0 Å². The molecule has 112 valence electrons. The molecule has 4 unspecified atom stereocenters. The van der Waals surface area contributed by atoms with Gasteiger partial charge in [0.15, 0.2) is 6.04 Å². The average molecular weight is 316 g/mol. The highest BCUT2D eigenvalue weighted by Crippen LogP contribution is 2.34. The smallest absolute Gasteiger partial charge is 0.405 e. The highest BCUT2D eigenvalue weighted by molar-refractivity contribution is 5.83. The van der Waals surface area contributed by atoms with Gasteiger partial charge in [-0.2, -0.15) is 0 Å². The second kappa shape index (κ2) is 5.51. The minimum atomic E-state index is -0.323. The van der Waals surface area contributed by atoms with Gasteiger partial charge in [0, 0.05) is 5.56 Å². The molecule has 0 bridgehead atoms. The van der Waals surface area contributed by atoms with Crippen LogP contribution in [0.2, 0.25) is 0 Å². The molecule has 6 heteroatoms. The van der Waals surface area contributed by atoms with E-state index in [9.17, 15) is 10.1 Å². The van der Waals surface area contributed by atoms with Crippen LogP contribution in [0.15, 0.2) is 65.7 Å². The summed E-state index contributed by atoms with van der Waals surface area (Å²) in [6.07, 6.45) is -0.165. The largest absolute Gasteiger partial charge is 1.00 e. The fourth-order valence-corrected chi connectivity index (χ4v) is 3.32. The van der Waals surface area contributed by atoms with Crippen LogP contribution in [-0.2, 0) is 0 Å². The number of quaternary nitrogens is 1. The van der Waals surface area contributed by atoms with Crippen molar-refractivity contribution in [3.8, 4) is 0 Å². The van der Waals surface area contributed by atoms with Crippen molar-refractivity contribution in [2.24, 2.45) is 4.99 Å². The van der Waals surface area contributed by atoms with Gasteiger partial charge in [0.25, 0.3) is 12.2 Å². The number of halogens is 1. The monoisotopic (exact) mass is 315 g/mol. The van der Waals surface area contributed by atoms with Crippen molar-refractivity contribution < 1.29 is 22.2 Å². The van der Waals surface area contributed by atoms with E-state index in [0.717, 1.165) is 11.1 Å². The van der Waals surface area contributed by atoms with E-state index < -0.39 is 0 Å². The summed E-state index contributed by atoms with van der Waals surface area (Å²) < 4.78 is 0. The molecular weight excluding hydrogens is 302 g/mol. The third-order valence-corrected chi connectivity index (χ3v) is 4.26. The van der Waals surface area contributed by atoms with E-state index in [1.165, 1.54) is 4.90 Å². The predicted molar refractivity (Wildman–Crippen MR) is 77.5 cm³/mol. The number of aliphatic imine (C=N–C) groups is 1. The Morgan fingerprint density at radius 2 is 1.45 bits per heavy atom. The Kier molecular flexibility index (Phi) is 3.68. The lowest BCUT2D eigenvalue weighted by molar-refractivity contribution is -0.818. The van der Waals surface area contributed by atoms with Crippen molar-refractivity contribution in [3.05, 3.63) is 81.9 Å². The van der Waals surface area contributed by atoms with Gasteiger partial charge in [-0.1, -0.05) is 48.5 Å². The number of amidine groups is 1. The van der Waals surface area contributed by atoms with Crippen molar-refractivity contribution in [2.45, 2.75) is 18.2 Å². The highest BCUT2D eigenvalue weighted by atomic mass is 35.5. The normalized spacial score (nSPS) is 28.3. The molecule has 0 amide bonds. The zero-order chi connectivity index (χ0) is 14.4. The lowest BCUT2D eigenvalue weighted by Crippen LogP contribution is -3.00. The van der Waals surface area contributed by atoms with Crippen LogP contribution in [0.25, 0.3) is 0 Å². The molecule has 0 radical (unpaired) electrons. The number of nitrogens with one attached hydrogen (secondary N) is 1. The van der Waals surface area contributed by atoms with Gasteiger partial charge >= 0.3 is 5.84 Å². The van der Waals surface area contributed by atoms with Gasteiger partial charge in [-0.25, -0.2) is 0 Å². The third kappa shape index (κ3) is 2.19. The first-order valence-corrected chi connectivity index (χ1v) is 6.96. The van der Waals surface area contributed by atoms with E-state index in [1.807, 2.05) is 60.7 Å². The molecule has 4 rings (SSSR count). The summed E-state index contributed by atoms with van der Waals surface area (Å²) in [5.41, 5.74) is 2.18. The number of fused-ring (bicyclic) bond motifs is 1. The number of rotatable bonds is 2. The lowest BCUT2D eigenvalue weighted by Gasteiger charge is -2.05. The van der Waals surface area contributed by atoms with Crippen molar-refractivity contribution in [1.82, 2.24) is 0 Å². The number of hydrogen-bond acceptors (Lipinski definition) is 3. The van der Waals surface area contributed by atoms with Crippen LogP contribution in [0.3, 0.4) is 0 Å². The summed E-state index contributed by atoms with van der Waals surface area (Å²) in [5.74, 6) is 0.118. The van der Waals surface area contributed by atoms with Gasteiger partial charge in [-0.05, 0) is 22.0 Å². The molecule has 22 heavy (non-hydrogen) atoms. The summed E-state index contributed by atoms with van der Waals surface area (Å²) in [6.45, 7) is 0. The van der Waals surface area contributed by atoms with Crippen LogP contribution in [0.1, 0.15) is 23.3 Å². The fourth-order valence-electron chi connectivity index (χ4n) is 3.32. The molecule has 1 saturated heterocycles. The first kappa shape index (κ1) is 14.7. The summed E-state index contributed by atoms with van der Waals surface area (Å²) in [7, 11) is 0. The number of hydrogen-bond donors (Lipinski definition) is 1. The summed E-state index contributed by atoms with van der Waals surface area (Å²) in [4.78, 5) is 16.4. The Balaban J connectivity index is 0.00000144. The topological polar surface area (TPSA) is 59.9 Å². The fraction of sp³-hybridized carbons (Fsp3) is 0.188. The SMILES string of the molecule is O=[N+]([O-])C1=NC(c2ccccc2)[NH+]2C1C2c1ccccc1.[Cl-]. The molecule has 0 spiro atoms. The second-order valence-electron chi connectivity index (χ2n) is 5.42. The van der Waals surface area contributed by atoms with E-state index in [0.29, 0.717) is 0 Å². The van der Waals surface area contributed by atoms with Crippen molar-refractivity contribution >= 4 is 5.84 Å². The van der Waals surface area contributed by atoms with Crippen molar-refractivity contribution in [3.63, 3.8) is 0 Å². The summed E-state index contributed by atoms with van der Waals surface area (Å²) >= 11 is 0. The molecule has 1 fully saturated rings. The minimum Gasteiger partial charge on any atom is -1.00 e. The van der Waals surface area contributed by atoms with Gasteiger partial charge in [0.05, 0.1) is 5.56 Å². The molecule has 0 aliphatic carbocycles. The maximum atomic E-state index is 11.3. The quantitative estimate of drug-likeness (QED) is 0.412. The summed E-state index contributed by atoms with van der Waals surface area (Å²) in [5, 5.41) is 11.3. The maximum Gasteiger partial charge on any atom is 0.405 e. The van der Waals surface area contributed by atoms with Gasteiger partial charge in [0.2, 0.25) is 0 Å². The van der Waals surface area contributed by atoms with Gasteiger partial charge in [-0.3, -0.25) is 4.90 Å². The maximum absolute atomic E-state index is 11.3. The standard InChI is InChI=1S/C16H13N3O2.ClH/c20-19(21)16-14-13(11-7-3-1-4-8-11)18(14)15(17-16)12-9-5-2-6-10-12;/h1-10,13-15H;1H. The molecular formula is C16H14ClN3O2. The number of benzene rings is 2. The van der Waals surface area contributed by atoms with Crippen LogP contribution in [0.5, 0.6) is 0 Å². The third-order valence-electron chi connectivity index (χ3n) is 4.26. The first-order valence-electron chi connectivity index (χ1n) is 6.96. The van der Waals surface area contributed by atoms with Crippen LogP contribution in [-0.4, -0.2) is 16.8 Å². The predicted octanol–water partition coefficient (Wildman–Crippen LogP) is -1.61. The second-order valence-corrected chi connectivity index (χ2v) is 5.42. The highest BCUT2D eigenvalue weighted by Gasteiger charge is 2.72. The van der Waals surface area contributed by atoms with Crippen molar-refractivity contribution in [1.29, 1.82) is 0 Å². The van der Waals surface area contributed by atoms with Crippen LogP contribution >= 0.6 is 0 Å². The van der Waals surface area contributed by atoms with Crippen LogP contribution in [0, 0.1) is 10.1 Å². The molecule has 2 aliphatic heterocycles. The Labute approximate surface area is 133 Å². The minimum absolute atomic E-state index is 0. The van der Waals surface area contributed by atoms with Crippen LogP contribution in [0.4, 0.5) is 0 Å². The average Bonchev–Trinajstić information content (AvgIpc) is 3.12. The Bertz CT molecular complexity index is 721. The van der Waals surface area contributed by atoms with E-state index in [-0.39, 0.29) is 41.4 Å². The van der Waals surface area contributed by atoms with E-state index >= 15 is 0 Å². The molecule has 2 aromatic carbocycles. The zero-order valence-electron chi connectivity index (χ0n) is 11.6. The van der Waals surface area contributed by atoms with E-state index in [1.54, 1.807) is 0 Å². The first-order chi connectivity index (χ1) is 10.3. The zero-order valence-corrected chi connectivity index (χ0v) is 12.4. The Hall–Kier alpha value is -2.24. The van der Waals surface area contributed by atoms with Gasteiger partial charge in [-0.15, -0.1) is 0 Å². The molecule has 2 heterocycles. The molecule has 1 N–H and O–H groups in total. The van der Waals surface area contributed by atoms with Gasteiger partial charge in [0.1, 0.15) is 0 Å². The molecule has 0 aromatic heterocycles. The molecule has 2 aromatic rings.